The molecule has 1 heterocycles. The third-order valence-corrected chi connectivity index (χ3v) is 4.98. The number of benzene rings is 2. The molecule has 0 fully saturated rings. The van der Waals surface area contributed by atoms with Crippen LogP contribution in [0.2, 0.25) is 5.02 Å². The van der Waals surface area contributed by atoms with Crippen molar-refractivity contribution in [1.82, 2.24) is 9.97 Å². The lowest BCUT2D eigenvalue weighted by Crippen LogP contribution is -2.08. The van der Waals surface area contributed by atoms with Crippen LogP contribution < -0.4 is 10.6 Å². The second-order valence-electron chi connectivity index (χ2n) is 6.35. The molecule has 1 aromatic heterocycles. The van der Waals surface area contributed by atoms with Crippen LogP contribution in [0.3, 0.4) is 0 Å². The van der Waals surface area contributed by atoms with Gasteiger partial charge in [0.25, 0.3) is 0 Å². The van der Waals surface area contributed by atoms with Crippen LogP contribution in [0.25, 0.3) is 0 Å². The molecule has 3 rings (SSSR count). The average molecular weight is 462 g/mol. The summed E-state index contributed by atoms with van der Waals surface area (Å²) < 4.78 is 0. The summed E-state index contributed by atoms with van der Waals surface area (Å²) in [6, 6.07) is 15.4. The molecule has 0 aliphatic rings. The van der Waals surface area contributed by atoms with Crippen molar-refractivity contribution in [3.8, 4) is 5.75 Å². The first kappa shape index (κ1) is 20.4. The van der Waals surface area contributed by atoms with Gasteiger partial charge in [-0.25, -0.2) is 4.98 Å². The Balaban J connectivity index is 1.62. The average Bonchev–Trinajstić information content (AvgIpc) is 2.69. The zero-order valence-electron chi connectivity index (χ0n) is 15.3. The van der Waals surface area contributed by atoms with Gasteiger partial charge < -0.3 is 15.7 Å². The summed E-state index contributed by atoms with van der Waals surface area (Å²) in [4.78, 5) is 8.76. The highest BCUT2D eigenvalue weighted by atomic mass is 79.9. The molecule has 0 spiro atoms. The van der Waals surface area contributed by atoms with Crippen molar-refractivity contribution in [3.05, 3.63) is 70.9 Å². The fourth-order valence-electron chi connectivity index (χ4n) is 2.79. The molecule has 0 unspecified atom stereocenters. The van der Waals surface area contributed by atoms with Gasteiger partial charge in [-0.3, -0.25) is 0 Å². The van der Waals surface area contributed by atoms with Crippen LogP contribution in [-0.2, 0) is 12.8 Å². The highest BCUT2D eigenvalue weighted by molar-refractivity contribution is 9.09. The molecular weight excluding hydrogens is 440 g/mol. The Kier molecular flexibility index (Phi) is 7.51. The van der Waals surface area contributed by atoms with Gasteiger partial charge in [0.15, 0.2) is 5.82 Å². The van der Waals surface area contributed by atoms with E-state index in [0.717, 1.165) is 35.8 Å². The quantitative estimate of drug-likeness (QED) is 0.364. The van der Waals surface area contributed by atoms with Gasteiger partial charge >= 0.3 is 0 Å². The van der Waals surface area contributed by atoms with Crippen molar-refractivity contribution < 1.29 is 5.11 Å². The van der Waals surface area contributed by atoms with Crippen LogP contribution in [0, 0.1) is 0 Å². The van der Waals surface area contributed by atoms with E-state index in [-0.39, 0.29) is 5.75 Å². The number of nitrogens with one attached hydrogen (secondary N) is 2. The molecule has 3 aromatic rings. The van der Waals surface area contributed by atoms with E-state index in [9.17, 15) is 5.11 Å². The van der Waals surface area contributed by atoms with Crippen molar-refractivity contribution in [2.24, 2.45) is 0 Å². The Morgan fingerprint density at radius 3 is 2.61 bits per heavy atom. The van der Waals surface area contributed by atoms with Crippen molar-refractivity contribution in [2.75, 3.05) is 22.5 Å². The molecule has 0 saturated carbocycles. The molecule has 2 aromatic carbocycles. The highest BCUT2D eigenvalue weighted by Crippen LogP contribution is 2.22. The molecule has 5 nitrogen and oxygen atoms in total. The number of rotatable bonds is 9. The first-order valence-corrected chi connectivity index (χ1v) is 10.6. The van der Waals surface area contributed by atoms with Crippen molar-refractivity contribution in [3.63, 3.8) is 0 Å². The van der Waals surface area contributed by atoms with Gasteiger partial charge in [-0.15, -0.1) is 0 Å². The second-order valence-corrected chi connectivity index (χ2v) is 7.55. The molecule has 0 saturated heterocycles. The number of alkyl halides is 1. The number of aromatic hydroxyl groups is 1. The molecule has 0 aliphatic heterocycles. The fourth-order valence-corrected chi connectivity index (χ4v) is 3.23. The van der Waals surface area contributed by atoms with E-state index in [0.29, 0.717) is 23.3 Å². The number of hydrogen-bond acceptors (Lipinski definition) is 5. The molecule has 28 heavy (non-hydrogen) atoms. The lowest BCUT2D eigenvalue weighted by molar-refractivity contribution is 0.474. The van der Waals surface area contributed by atoms with E-state index < -0.39 is 0 Å². The summed E-state index contributed by atoms with van der Waals surface area (Å²) in [6.07, 6.45) is 4.44. The Labute approximate surface area is 178 Å². The smallest absolute Gasteiger partial charge is 0.229 e. The fraction of sp³-hybridized carbons (Fsp3) is 0.238. The zero-order valence-corrected chi connectivity index (χ0v) is 17.7. The SMILES string of the molecule is Oc1cccc(CCNc2nc(Nc3cccc(CCCBr)c3)ncc2Cl)c1. The van der Waals surface area contributed by atoms with E-state index in [1.165, 1.54) is 5.56 Å². The predicted octanol–water partition coefficient (Wildman–Crippen LogP) is 5.56. The maximum Gasteiger partial charge on any atom is 0.229 e. The molecule has 3 N–H and O–H groups in total. The molecule has 0 bridgehead atoms. The lowest BCUT2D eigenvalue weighted by atomic mass is 10.1. The lowest BCUT2D eigenvalue weighted by Gasteiger charge is -2.11. The number of halogens is 2. The summed E-state index contributed by atoms with van der Waals surface area (Å²) in [5.41, 5.74) is 3.25. The molecular formula is C21H22BrClN4O. The first-order valence-electron chi connectivity index (χ1n) is 9.10. The molecule has 0 amide bonds. The van der Waals surface area contributed by atoms with E-state index in [1.54, 1.807) is 18.3 Å². The van der Waals surface area contributed by atoms with Crippen LogP contribution in [0.1, 0.15) is 17.5 Å². The number of aromatic nitrogens is 2. The summed E-state index contributed by atoms with van der Waals surface area (Å²) in [6.45, 7) is 0.641. The van der Waals surface area contributed by atoms with E-state index >= 15 is 0 Å². The third-order valence-electron chi connectivity index (χ3n) is 4.14. The zero-order chi connectivity index (χ0) is 19.8. The number of nitrogens with zero attached hydrogens (tertiary/aromatic N) is 2. The number of hydrogen-bond donors (Lipinski definition) is 3. The number of phenolic OH excluding ortho intramolecular Hbond substituents is 1. The van der Waals surface area contributed by atoms with Gasteiger partial charge in [-0.2, -0.15) is 4.98 Å². The van der Waals surface area contributed by atoms with Crippen molar-refractivity contribution >= 4 is 45.0 Å². The topological polar surface area (TPSA) is 70.1 Å². The Hall–Kier alpha value is -2.31. The third kappa shape index (κ3) is 6.11. The summed E-state index contributed by atoms with van der Waals surface area (Å²) in [5.74, 6) is 1.33. The van der Waals surface area contributed by atoms with Gasteiger partial charge in [0.2, 0.25) is 5.95 Å². The monoisotopic (exact) mass is 460 g/mol. The minimum absolute atomic E-state index is 0.266. The van der Waals surface area contributed by atoms with Crippen LogP contribution in [0.15, 0.2) is 54.7 Å². The van der Waals surface area contributed by atoms with E-state index in [4.69, 9.17) is 11.6 Å². The Morgan fingerprint density at radius 2 is 1.82 bits per heavy atom. The molecule has 146 valence electrons. The largest absolute Gasteiger partial charge is 0.508 e. The summed E-state index contributed by atoms with van der Waals surface area (Å²) in [5, 5.41) is 17.5. The number of anilines is 3. The van der Waals surface area contributed by atoms with Gasteiger partial charge in [0.05, 0.1) is 6.20 Å². The van der Waals surface area contributed by atoms with Crippen LogP contribution in [0.4, 0.5) is 17.5 Å². The summed E-state index contributed by atoms with van der Waals surface area (Å²) in [7, 11) is 0. The number of phenols is 1. The van der Waals surface area contributed by atoms with E-state index in [2.05, 4.69) is 48.7 Å². The van der Waals surface area contributed by atoms with Gasteiger partial charge in [0.1, 0.15) is 10.8 Å². The summed E-state index contributed by atoms with van der Waals surface area (Å²) >= 11 is 9.69. The molecule has 0 radical (unpaired) electrons. The maximum atomic E-state index is 9.54. The standard InChI is InChI=1S/C21H22BrClN4O/c22-10-3-6-15-4-1-7-17(12-15)26-21-25-14-19(23)20(27-21)24-11-9-16-5-2-8-18(28)13-16/h1-2,4-5,7-8,12-14,28H,3,6,9-11H2,(H2,24,25,26,27). The van der Waals surface area contributed by atoms with Crippen molar-refractivity contribution in [1.29, 1.82) is 0 Å². The predicted molar refractivity (Wildman–Crippen MR) is 119 cm³/mol. The van der Waals surface area contributed by atoms with Crippen LogP contribution in [0.5, 0.6) is 5.75 Å². The highest BCUT2D eigenvalue weighted by Gasteiger charge is 2.06. The second kappa shape index (κ2) is 10.3. The van der Waals surface area contributed by atoms with Gasteiger partial charge in [0, 0.05) is 17.6 Å². The molecule has 0 aliphatic carbocycles. The van der Waals surface area contributed by atoms with Gasteiger partial charge in [-0.1, -0.05) is 51.8 Å². The van der Waals surface area contributed by atoms with Crippen LogP contribution in [-0.4, -0.2) is 26.9 Å². The molecule has 0 atom stereocenters. The maximum absolute atomic E-state index is 9.54. The minimum Gasteiger partial charge on any atom is -0.508 e. The van der Waals surface area contributed by atoms with Crippen molar-refractivity contribution in [2.45, 2.75) is 19.3 Å². The van der Waals surface area contributed by atoms with E-state index in [1.807, 2.05) is 24.3 Å². The minimum atomic E-state index is 0.266. The molecule has 7 heteroatoms. The Bertz CT molecular complexity index is 922. The normalized spacial score (nSPS) is 10.6. The van der Waals surface area contributed by atoms with Gasteiger partial charge in [-0.05, 0) is 54.7 Å². The van der Waals surface area contributed by atoms with Crippen LogP contribution >= 0.6 is 27.5 Å². The number of aryl methyl sites for hydroxylation is 1. The first-order chi connectivity index (χ1) is 13.6. The Morgan fingerprint density at radius 1 is 1.04 bits per heavy atom.